The molecule has 1 amide bonds. The van der Waals surface area contributed by atoms with Gasteiger partial charge in [0.05, 0.1) is 29.1 Å². The Hall–Kier alpha value is -2.58. The van der Waals surface area contributed by atoms with Crippen LogP contribution in [0.3, 0.4) is 0 Å². The predicted octanol–water partition coefficient (Wildman–Crippen LogP) is 2.93. The Labute approximate surface area is 174 Å². The van der Waals surface area contributed by atoms with Crippen LogP contribution in [0.25, 0.3) is 16.9 Å². The molecule has 8 heteroatoms. The van der Waals surface area contributed by atoms with Crippen molar-refractivity contribution in [3.63, 3.8) is 0 Å². The van der Waals surface area contributed by atoms with Gasteiger partial charge < -0.3 is 5.32 Å². The fourth-order valence-electron chi connectivity index (χ4n) is 3.38. The van der Waals surface area contributed by atoms with Crippen molar-refractivity contribution in [2.24, 2.45) is 0 Å². The highest BCUT2D eigenvalue weighted by Crippen LogP contribution is 2.29. The maximum atomic E-state index is 12.3. The first-order valence-electron chi connectivity index (χ1n) is 9.33. The Morgan fingerprint density at radius 2 is 1.79 bits per heavy atom. The number of imidazole rings is 1. The third-order valence-corrected chi connectivity index (χ3v) is 7.46. The molecule has 0 saturated carbocycles. The molecule has 3 aromatic rings. The Kier molecular flexibility index (Phi) is 5.73. The van der Waals surface area contributed by atoms with Gasteiger partial charge in [-0.25, -0.2) is 13.4 Å². The number of rotatable bonds is 6. The second-order valence-corrected chi connectivity index (χ2v) is 10.1. The highest BCUT2D eigenvalue weighted by molar-refractivity contribution is 7.99. The van der Waals surface area contributed by atoms with Crippen molar-refractivity contribution in [3.05, 3.63) is 66.9 Å². The van der Waals surface area contributed by atoms with E-state index in [4.69, 9.17) is 0 Å². The van der Waals surface area contributed by atoms with Crippen LogP contribution in [-0.4, -0.2) is 47.2 Å². The van der Waals surface area contributed by atoms with Crippen LogP contribution in [0.5, 0.6) is 0 Å². The minimum atomic E-state index is -3.02. The zero-order chi connectivity index (χ0) is 20.3. The Balaban J connectivity index is 1.53. The second-order valence-electron chi connectivity index (χ2n) is 6.92. The molecule has 0 unspecified atom stereocenters. The van der Waals surface area contributed by atoms with Crippen molar-refractivity contribution in [3.8, 4) is 16.9 Å². The molecule has 150 valence electrons. The molecule has 1 saturated heterocycles. The lowest BCUT2D eigenvalue weighted by Crippen LogP contribution is -2.36. The number of hydrogen-bond acceptors (Lipinski definition) is 5. The topological polar surface area (TPSA) is 81.1 Å². The van der Waals surface area contributed by atoms with Gasteiger partial charge in [0.2, 0.25) is 5.91 Å². The van der Waals surface area contributed by atoms with Gasteiger partial charge in [-0.3, -0.25) is 9.36 Å². The van der Waals surface area contributed by atoms with Crippen molar-refractivity contribution < 1.29 is 13.2 Å². The van der Waals surface area contributed by atoms with Gasteiger partial charge >= 0.3 is 0 Å². The molecule has 0 bridgehead atoms. The number of carbonyl (C=O) groups is 1. The van der Waals surface area contributed by atoms with E-state index in [1.807, 2.05) is 71.4 Å². The molecule has 0 spiro atoms. The van der Waals surface area contributed by atoms with Crippen LogP contribution >= 0.6 is 11.8 Å². The predicted molar refractivity (Wildman–Crippen MR) is 115 cm³/mol. The van der Waals surface area contributed by atoms with Crippen LogP contribution in [0, 0.1) is 0 Å². The standard InChI is InChI=1S/C21H21N3O3S2/c25-20(23-17-11-12-29(26,27)15-17)14-28-21-22-13-19(16-7-3-1-4-8-16)24(21)18-9-5-2-6-10-18/h1-10,13,17H,11-12,14-15H2,(H,23,25)/t17-/m0/s1. The summed E-state index contributed by atoms with van der Waals surface area (Å²) in [5, 5.41) is 3.54. The van der Waals surface area contributed by atoms with Gasteiger partial charge in [0, 0.05) is 17.3 Å². The monoisotopic (exact) mass is 427 g/mol. The molecule has 1 aliphatic heterocycles. The van der Waals surface area contributed by atoms with Crippen LogP contribution < -0.4 is 5.32 Å². The minimum Gasteiger partial charge on any atom is -0.352 e. The number of carbonyl (C=O) groups excluding carboxylic acids is 1. The van der Waals surface area contributed by atoms with Gasteiger partial charge in [-0.1, -0.05) is 60.3 Å². The first-order chi connectivity index (χ1) is 14.0. The van der Waals surface area contributed by atoms with Crippen molar-refractivity contribution in [2.45, 2.75) is 17.6 Å². The molecule has 1 N–H and O–H groups in total. The quantitative estimate of drug-likeness (QED) is 0.612. The number of para-hydroxylation sites is 1. The number of aromatic nitrogens is 2. The summed E-state index contributed by atoms with van der Waals surface area (Å²) < 4.78 is 25.2. The number of hydrogen-bond donors (Lipinski definition) is 1. The van der Waals surface area contributed by atoms with Gasteiger partial charge in [-0.2, -0.15) is 0 Å². The molecule has 1 aliphatic rings. The molecular weight excluding hydrogens is 406 g/mol. The van der Waals surface area contributed by atoms with Crippen molar-refractivity contribution >= 4 is 27.5 Å². The lowest BCUT2D eigenvalue weighted by atomic mass is 10.1. The molecule has 29 heavy (non-hydrogen) atoms. The van der Waals surface area contributed by atoms with Crippen LogP contribution in [-0.2, 0) is 14.6 Å². The van der Waals surface area contributed by atoms with E-state index in [0.717, 1.165) is 16.9 Å². The SMILES string of the molecule is O=C(CSc1ncc(-c2ccccc2)n1-c1ccccc1)N[C@H]1CCS(=O)(=O)C1. The molecule has 0 aliphatic carbocycles. The smallest absolute Gasteiger partial charge is 0.230 e. The number of amides is 1. The number of sulfone groups is 1. The van der Waals surface area contributed by atoms with E-state index >= 15 is 0 Å². The fourth-order valence-corrected chi connectivity index (χ4v) is 5.86. The molecule has 0 radical (unpaired) electrons. The first-order valence-corrected chi connectivity index (χ1v) is 12.1. The van der Waals surface area contributed by atoms with Crippen molar-refractivity contribution in [1.82, 2.24) is 14.9 Å². The summed E-state index contributed by atoms with van der Waals surface area (Å²) in [6, 6.07) is 19.6. The van der Waals surface area contributed by atoms with Gasteiger partial charge in [0.15, 0.2) is 15.0 Å². The zero-order valence-corrected chi connectivity index (χ0v) is 17.3. The minimum absolute atomic E-state index is 0.0280. The summed E-state index contributed by atoms with van der Waals surface area (Å²) in [6.45, 7) is 0. The molecule has 2 aromatic carbocycles. The average molecular weight is 428 g/mol. The van der Waals surface area contributed by atoms with Crippen LogP contribution in [0.4, 0.5) is 0 Å². The van der Waals surface area contributed by atoms with Crippen LogP contribution in [0.1, 0.15) is 6.42 Å². The Morgan fingerprint density at radius 3 is 2.45 bits per heavy atom. The van der Waals surface area contributed by atoms with E-state index in [2.05, 4.69) is 10.3 Å². The summed E-state index contributed by atoms with van der Waals surface area (Å²) in [7, 11) is -3.02. The molecule has 6 nitrogen and oxygen atoms in total. The molecule has 1 aromatic heterocycles. The highest BCUT2D eigenvalue weighted by atomic mass is 32.2. The lowest BCUT2D eigenvalue weighted by molar-refractivity contribution is -0.119. The van der Waals surface area contributed by atoms with Gasteiger partial charge in [0.1, 0.15) is 0 Å². The lowest BCUT2D eigenvalue weighted by Gasteiger charge is -2.13. The number of nitrogens with zero attached hydrogens (tertiary/aromatic N) is 2. The van der Waals surface area contributed by atoms with E-state index in [1.54, 1.807) is 0 Å². The van der Waals surface area contributed by atoms with E-state index in [-0.39, 0.29) is 29.2 Å². The number of thioether (sulfide) groups is 1. The highest BCUT2D eigenvalue weighted by Gasteiger charge is 2.29. The normalized spacial score (nSPS) is 17.9. The van der Waals surface area contributed by atoms with Gasteiger partial charge in [-0.15, -0.1) is 0 Å². The summed E-state index contributed by atoms with van der Waals surface area (Å²) in [6.07, 6.45) is 2.29. The molecular formula is C21H21N3O3S2. The fraction of sp³-hybridized carbons (Fsp3) is 0.238. The first kappa shape index (κ1) is 19.7. The Bertz CT molecular complexity index is 1100. The molecule has 1 atom stereocenters. The molecule has 4 rings (SSSR count). The van der Waals surface area contributed by atoms with Gasteiger partial charge in [-0.05, 0) is 18.6 Å². The van der Waals surface area contributed by atoms with E-state index in [9.17, 15) is 13.2 Å². The summed E-state index contributed by atoms with van der Waals surface area (Å²) in [5.41, 5.74) is 2.95. The maximum absolute atomic E-state index is 12.3. The average Bonchev–Trinajstić information content (AvgIpc) is 3.30. The van der Waals surface area contributed by atoms with Crippen molar-refractivity contribution in [2.75, 3.05) is 17.3 Å². The van der Waals surface area contributed by atoms with Gasteiger partial charge in [0.25, 0.3) is 0 Å². The summed E-state index contributed by atoms with van der Waals surface area (Å²) in [4.78, 5) is 16.9. The number of benzene rings is 2. The van der Waals surface area contributed by atoms with Crippen LogP contribution in [0.15, 0.2) is 72.0 Å². The third-order valence-electron chi connectivity index (χ3n) is 4.74. The van der Waals surface area contributed by atoms with E-state index in [0.29, 0.717) is 11.6 Å². The third kappa shape index (κ3) is 4.71. The largest absolute Gasteiger partial charge is 0.352 e. The molecule has 1 fully saturated rings. The second kappa shape index (κ2) is 8.42. The summed E-state index contributed by atoms with van der Waals surface area (Å²) >= 11 is 1.34. The number of nitrogens with one attached hydrogen (secondary N) is 1. The van der Waals surface area contributed by atoms with E-state index < -0.39 is 9.84 Å². The molecule has 2 heterocycles. The summed E-state index contributed by atoms with van der Waals surface area (Å²) in [5.74, 6) is 0.166. The zero-order valence-electron chi connectivity index (χ0n) is 15.7. The van der Waals surface area contributed by atoms with Crippen LogP contribution in [0.2, 0.25) is 0 Å². The maximum Gasteiger partial charge on any atom is 0.230 e. The Morgan fingerprint density at radius 1 is 1.10 bits per heavy atom. The van der Waals surface area contributed by atoms with E-state index in [1.165, 1.54) is 11.8 Å². The van der Waals surface area contributed by atoms with Crippen molar-refractivity contribution in [1.29, 1.82) is 0 Å².